The van der Waals surface area contributed by atoms with E-state index in [1.807, 2.05) is 31.2 Å². The molecule has 1 rings (SSSR count). The maximum atomic E-state index is 11.5. The molecule has 0 heterocycles. The van der Waals surface area contributed by atoms with Crippen LogP contribution in [0.5, 0.6) is 5.75 Å². The van der Waals surface area contributed by atoms with Gasteiger partial charge in [-0.15, -0.1) is 0 Å². The van der Waals surface area contributed by atoms with Crippen LogP contribution in [0.1, 0.15) is 31.4 Å². The average Bonchev–Trinajstić information content (AvgIpc) is 2.36. The molecule has 0 fully saturated rings. The summed E-state index contributed by atoms with van der Waals surface area (Å²) in [6, 6.07) is 7.50. The van der Waals surface area contributed by atoms with Crippen molar-refractivity contribution in [1.82, 2.24) is 5.32 Å². The summed E-state index contributed by atoms with van der Waals surface area (Å²) in [6.07, 6.45) is 0.834. The van der Waals surface area contributed by atoms with Crippen molar-refractivity contribution in [2.75, 3.05) is 13.7 Å². The number of hydrogen-bond donors (Lipinski definition) is 2. The SMILES string of the molecule is COc1ccccc1[C@@H](C)NC(=O)CCCO. The topological polar surface area (TPSA) is 58.6 Å². The molecule has 94 valence electrons. The van der Waals surface area contributed by atoms with E-state index in [2.05, 4.69) is 5.32 Å². The number of nitrogens with one attached hydrogen (secondary N) is 1. The predicted octanol–water partition coefficient (Wildman–Crippen LogP) is 1.64. The van der Waals surface area contributed by atoms with Crippen molar-refractivity contribution in [1.29, 1.82) is 0 Å². The quantitative estimate of drug-likeness (QED) is 0.791. The van der Waals surface area contributed by atoms with Gasteiger partial charge < -0.3 is 15.2 Å². The van der Waals surface area contributed by atoms with Crippen LogP contribution in [-0.2, 0) is 4.79 Å². The molecule has 0 spiro atoms. The second kappa shape index (κ2) is 6.91. The molecule has 1 atom stereocenters. The molecule has 1 amide bonds. The van der Waals surface area contributed by atoms with Gasteiger partial charge in [-0.1, -0.05) is 18.2 Å². The highest BCUT2D eigenvalue weighted by Gasteiger charge is 2.12. The number of aliphatic hydroxyl groups is 1. The highest BCUT2D eigenvalue weighted by molar-refractivity contribution is 5.76. The van der Waals surface area contributed by atoms with E-state index >= 15 is 0 Å². The van der Waals surface area contributed by atoms with Crippen molar-refractivity contribution >= 4 is 5.91 Å². The Morgan fingerprint density at radius 2 is 2.18 bits per heavy atom. The number of para-hydroxylation sites is 1. The van der Waals surface area contributed by atoms with Crippen molar-refractivity contribution in [3.63, 3.8) is 0 Å². The van der Waals surface area contributed by atoms with Crippen molar-refractivity contribution in [3.05, 3.63) is 29.8 Å². The maximum absolute atomic E-state index is 11.5. The van der Waals surface area contributed by atoms with E-state index in [-0.39, 0.29) is 18.6 Å². The molecule has 4 nitrogen and oxygen atoms in total. The first-order chi connectivity index (χ1) is 8.19. The number of methoxy groups -OCH3 is 1. The fraction of sp³-hybridized carbons (Fsp3) is 0.462. The Bertz CT molecular complexity index is 365. The van der Waals surface area contributed by atoms with Gasteiger partial charge in [-0.25, -0.2) is 0 Å². The standard InChI is InChI=1S/C13H19NO3/c1-10(14-13(16)8-5-9-15)11-6-3-4-7-12(11)17-2/h3-4,6-7,10,15H,5,8-9H2,1-2H3,(H,14,16)/t10-/m1/s1. The van der Waals surface area contributed by atoms with Gasteiger partial charge in [-0.05, 0) is 19.4 Å². The molecule has 0 saturated carbocycles. The molecule has 0 saturated heterocycles. The van der Waals surface area contributed by atoms with Crippen molar-refractivity contribution in [2.45, 2.75) is 25.8 Å². The highest BCUT2D eigenvalue weighted by Crippen LogP contribution is 2.24. The van der Waals surface area contributed by atoms with E-state index in [1.165, 1.54) is 0 Å². The Balaban J connectivity index is 2.62. The third-order valence-corrected chi connectivity index (χ3v) is 2.54. The number of carbonyl (C=O) groups is 1. The molecule has 2 N–H and O–H groups in total. The third kappa shape index (κ3) is 4.07. The lowest BCUT2D eigenvalue weighted by atomic mass is 10.1. The second-order valence-corrected chi connectivity index (χ2v) is 3.86. The molecule has 0 radical (unpaired) electrons. The molecule has 4 heteroatoms. The Kier molecular flexibility index (Phi) is 5.49. The zero-order chi connectivity index (χ0) is 12.7. The molecule has 0 aliphatic carbocycles. The zero-order valence-electron chi connectivity index (χ0n) is 10.3. The summed E-state index contributed by atoms with van der Waals surface area (Å²) in [6.45, 7) is 1.95. The summed E-state index contributed by atoms with van der Waals surface area (Å²) in [7, 11) is 1.61. The zero-order valence-corrected chi connectivity index (χ0v) is 10.3. The molecule has 1 aromatic rings. The molecule has 0 aromatic heterocycles. The lowest BCUT2D eigenvalue weighted by Crippen LogP contribution is -2.26. The van der Waals surface area contributed by atoms with Crippen molar-refractivity contribution in [3.8, 4) is 5.75 Å². The number of ether oxygens (including phenoxy) is 1. The first kappa shape index (κ1) is 13.5. The Morgan fingerprint density at radius 1 is 1.47 bits per heavy atom. The normalized spacial score (nSPS) is 11.9. The molecule has 0 aliphatic heterocycles. The minimum absolute atomic E-state index is 0.0382. The molecule has 17 heavy (non-hydrogen) atoms. The fourth-order valence-corrected chi connectivity index (χ4v) is 1.66. The Hall–Kier alpha value is -1.55. The summed E-state index contributed by atoms with van der Waals surface area (Å²) < 4.78 is 5.24. The number of benzene rings is 1. The van der Waals surface area contributed by atoms with Gasteiger partial charge in [0.25, 0.3) is 0 Å². The molecular formula is C13H19NO3. The Labute approximate surface area is 102 Å². The van der Waals surface area contributed by atoms with Crippen LogP contribution in [0.25, 0.3) is 0 Å². The van der Waals surface area contributed by atoms with E-state index in [0.717, 1.165) is 11.3 Å². The van der Waals surface area contributed by atoms with Gasteiger partial charge in [0.1, 0.15) is 5.75 Å². The van der Waals surface area contributed by atoms with Gasteiger partial charge in [0, 0.05) is 18.6 Å². The summed E-state index contributed by atoms with van der Waals surface area (Å²) in [5.74, 6) is 0.708. The highest BCUT2D eigenvalue weighted by atomic mass is 16.5. The summed E-state index contributed by atoms with van der Waals surface area (Å²) in [5, 5.41) is 11.5. The number of carbonyl (C=O) groups excluding carboxylic acids is 1. The summed E-state index contributed by atoms with van der Waals surface area (Å²) in [5.41, 5.74) is 0.951. The van der Waals surface area contributed by atoms with E-state index in [9.17, 15) is 4.79 Å². The van der Waals surface area contributed by atoms with E-state index in [1.54, 1.807) is 7.11 Å². The van der Waals surface area contributed by atoms with Crippen LogP contribution in [0.15, 0.2) is 24.3 Å². The molecule has 0 bridgehead atoms. The smallest absolute Gasteiger partial charge is 0.220 e. The predicted molar refractivity (Wildman–Crippen MR) is 65.9 cm³/mol. The largest absolute Gasteiger partial charge is 0.496 e. The Morgan fingerprint density at radius 3 is 2.82 bits per heavy atom. The summed E-state index contributed by atoms with van der Waals surface area (Å²) >= 11 is 0. The van der Waals surface area contributed by atoms with Gasteiger partial charge in [0.15, 0.2) is 0 Å². The number of rotatable bonds is 6. The van der Waals surface area contributed by atoms with Gasteiger partial charge in [-0.3, -0.25) is 4.79 Å². The minimum Gasteiger partial charge on any atom is -0.496 e. The molecule has 1 aromatic carbocycles. The second-order valence-electron chi connectivity index (χ2n) is 3.86. The number of aliphatic hydroxyl groups excluding tert-OH is 1. The molecule has 0 unspecified atom stereocenters. The lowest BCUT2D eigenvalue weighted by Gasteiger charge is -2.17. The van der Waals surface area contributed by atoms with Crippen LogP contribution < -0.4 is 10.1 Å². The molecular weight excluding hydrogens is 218 g/mol. The number of hydrogen-bond acceptors (Lipinski definition) is 3. The van der Waals surface area contributed by atoms with Crippen LogP contribution in [0, 0.1) is 0 Å². The van der Waals surface area contributed by atoms with Gasteiger partial charge in [-0.2, -0.15) is 0 Å². The van der Waals surface area contributed by atoms with E-state index in [4.69, 9.17) is 9.84 Å². The van der Waals surface area contributed by atoms with Crippen LogP contribution in [0.2, 0.25) is 0 Å². The first-order valence-corrected chi connectivity index (χ1v) is 5.72. The van der Waals surface area contributed by atoms with Gasteiger partial charge >= 0.3 is 0 Å². The van der Waals surface area contributed by atoms with Crippen LogP contribution in [0.4, 0.5) is 0 Å². The average molecular weight is 237 g/mol. The van der Waals surface area contributed by atoms with Crippen molar-refractivity contribution < 1.29 is 14.6 Å². The number of amides is 1. The lowest BCUT2D eigenvalue weighted by molar-refractivity contribution is -0.122. The monoisotopic (exact) mass is 237 g/mol. The molecule has 0 aliphatic rings. The third-order valence-electron chi connectivity index (χ3n) is 2.54. The van der Waals surface area contributed by atoms with Crippen molar-refractivity contribution in [2.24, 2.45) is 0 Å². The van der Waals surface area contributed by atoms with Crippen LogP contribution in [0.3, 0.4) is 0 Å². The van der Waals surface area contributed by atoms with Gasteiger partial charge in [0.05, 0.1) is 13.2 Å². The first-order valence-electron chi connectivity index (χ1n) is 5.72. The van der Waals surface area contributed by atoms with Crippen LogP contribution in [-0.4, -0.2) is 24.7 Å². The fourth-order valence-electron chi connectivity index (χ4n) is 1.66. The van der Waals surface area contributed by atoms with E-state index in [0.29, 0.717) is 12.8 Å². The van der Waals surface area contributed by atoms with E-state index < -0.39 is 0 Å². The van der Waals surface area contributed by atoms with Gasteiger partial charge in [0.2, 0.25) is 5.91 Å². The summed E-state index contributed by atoms with van der Waals surface area (Å²) in [4.78, 5) is 11.5. The van der Waals surface area contributed by atoms with Crippen LogP contribution >= 0.6 is 0 Å². The minimum atomic E-state index is -0.0997. The maximum Gasteiger partial charge on any atom is 0.220 e.